The summed E-state index contributed by atoms with van der Waals surface area (Å²) in [6, 6.07) is 6.74. The van der Waals surface area contributed by atoms with Crippen LogP contribution in [-0.4, -0.2) is 357 Å². The number of carbonyl (C=O) groups is 12. The van der Waals surface area contributed by atoms with Gasteiger partial charge in [-0.3, -0.25) is 68.0 Å². The summed E-state index contributed by atoms with van der Waals surface area (Å²) >= 11 is 0. The SMILES string of the molecule is CC[C@]1(O)CCCN2CCc3c([nH]c4ccccc34)[C@@](C)(c3cc4c(cc3OC)N(C)C3[C@]45CCN4CC=C[C@@](CC)([C@@H](O)[C@]3(O)C(=O)NNC(=O)OCCSSC[C@H](NC(=O)[C@@H](CCC(=O)NC[C@H](O)[C@@H](O)[C@H](O)[C@H](O)CO)NC(=O)[C@@H](CCC(=O)O)CC(=O)[C@@H](CCC(=O)NC[C@H](O)[C@@H](O)[C@H](O)[C@H](O)CO)NC(=O)[C@@H](CCC(=O)O)CC(=O)CCCCCCCN)OC=O)[C@H]45)CC21. The first kappa shape index (κ1) is 109. The van der Waals surface area contributed by atoms with Crippen LogP contribution in [0.25, 0.3) is 10.9 Å². The zero-order valence-corrected chi connectivity index (χ0v) is 78.0. The summed E-state index contributed by atoms with van der Waals surface area (Å²) in [5.74, 6) is -14.0. The lowest BCUT2D eigenvalue weighted by Crippen LogP contribution is -2.82. The van der Waals surface area contributed by atoms with Crippen molar-refractivity contribution in [3.63, 3.8) is 0 Å². The van der Waals surface area contributed by atoms with Crippen LogP contribution in [0.15, 0.2) is 48.6 Å². The number of rotatable bonds is 55. The Balaban J connectivity index is 0.895. The second-order valence-electron chi connectivity index (χ2n) is 36.2. The lowest BCUT2D eigenvalue weighted by molar-refractivity contribution is -0.204. The zero-order valence-electron chi connectivity index (χ0n) is 76.3. The van der Waals surface area contributed by atoms with E-state index in [0.29, 0.717) is 76.0 Å². The molecule has 3 fully saturated rings. The third kappa shape index (κ3) is 25.4. The molecule has 6 heterocycles. The number of aliphatic hydroxyl groups is 13. The van der Waals surface area contributed by atoms with E-state index in [2.05, 4.69) is 77.3 Å². The van der Waals surface area contributed by atoms with E-state index in [4.69, 9.17) is 19.9 Å². The van der Waals surface area contributed by atoms with E-state index < -0.39 is 280 Å². The molecule has 6 aliphatic rings. The number of hydrogen-bond donors (Lipinski definition) is 24. The van der Waals surface area contributed by atoms with Gasteiger partial charge in [-0.1, -0.05) is 85.0 Å². The average Bonchev–Trinajstić information content (AvgIpc) is 1.47. The number of fused-ring (bicyclic) bond motifs is 5. The fourth-order valence-corrected chi connectivity index (χ4v) is 22.5. The number of H-pyrrole nitrogens is 1. The van der Waals surface area contributed by atoms with Gasteiger partial charge in [0.1, 0.15) is 66.9 Å². The monoisotopic (exact) mass is 1930 g/mol. The molecule has 1 aromatic heterocycles. The molecule has 2 aromatic carbocycles. The minimum absolute atomic E-state index is 0.00539. The number of anilines is 1. The molecular formula is C90H136N12O30S2. The van der Waals surface area contributed by atoms with Crippen LogP contribution >= 0.6 is 21.6 Å². The number of amides is 7. The number of nitrogens with two attached hydrogens (primary N) is 1. The van der Waals surface area contributed by atoms with E-state index in [1.54, 1.807) is 14.2 Å². The predicted octanol–water partition coefficient (Wildman–Crippen LogP) is -2.20. The number of aliphatic hydroxyl groups excluding tert-OH is 11. The number of ether oxygens (including phenoxy) is 3. The highest BCUT2D eigenvalue weighted by Gasteiger charge is 2.79. The fourth-order valence-electron chi connectivity index (χ4n) is 20.6. The number of hydrogen-bond acceptors (Lipinski definition) is 34. The third-order valence-electron chi connectivity index (χ3n) is 27.8. The number of carboxylic acid groups (broad SMARTS) is 2. The van der Waals surface area contributed by atoms with Crippen LogP contribution in [0.2, 0.25) is 0 Å². The van der Waals surface area contributed by atoms with Gasteiger partial charge in [0.25, 0.3) is 12.4 Å². The molecule has 0 bridgehead atoms. The van der Waals surface area contributed by atoms with Gasteiger partial charge in [0, 0.05) is 158 Å². The lowest BCUT2D eigenvalue weighted by Gasteiger charge is -2.63. The Labute approximate surface area is 784 Å². The molecule has 22 atom stereocenters. The van der Waals surface area contributed by atoms with Crippen LogP contribution in [-0.2, 0) is 79.5 Å². The second-order valence-corrected chi connectivity index (χ2v) is 38.9. The minimum atomic E-state index is -2.67. The van der Waals surface area contributed by atoms with Crippen molar-refractivity contribution in [2.45, 2.75) is 282 Å². The Morgan fingerprint density at radius 2 is 1.28 bits per heavy atom. The van der Waals surface area contributed by atoms with E-state index in [1.807, 2.05) is 49.1 Å². The maximum Gasteiger partial charge on any atom is 0.426 e. The number of carboxylic acids is 2. The summed E-state index contributed by atoms with van der Waals surface area (Å²) in [7, 11) is 5.32. The van der Waals surface area contributed by atoms with Crippen molar-refractivity contribution >= 4 is 110 Å². The van der Waals surface area contributed by atoms with Crippen molar-refractivity contribution < 1.29 is 148 Å². The number of carbonyl (C=O) groups excluding carboxylic acids is 10. The van der Waals surface area contributed by atoms with Gasteiger partial charge in [-0.05, 0) is 133 Å². The van der Waals surface area contributed by atoms with E-state index in [-0.39, 0.29) is 43.5 Å². The first-order valence-corrected chi connectivity index (χ1v) is 48.4. The molecule has 748 valence electrons. The van der Waals surface area contributed by atoms with Crippen LogP contribution < -0.4 is 52.8 Å². The van der Waals surface area contributed by atoms with Gasteiger partial charge in [-0.15, -0.1) is 0 Å². The highest BCUT2D eigenvalue weighted by atomic mass is 33.1. The van der Waals surface area contributed by atoms with Crippen LogP contribution in [0, 0.1) is 17.3 Å². The number of likely N-dealkylation sites (N-methyl/N-ethyl adjacent to an activating group) is 1. The van der Waals surface area contributed by atoms with Gasteiger partial charge >= 0.3 is 18.0 Å². The van der Waals surface area contributed by atoms with Gasteiger partial charge in [-0.2, -0.15) is 0 Å². The number of benzene rings is 2. The molecule has 7 amide bonds. The number of methoxy groups -OCH3 is 1. The van der Waals surface area contributed by atoms with Crippen molar-refractivity contribution in [2.24, 2.45) is 23.0 Å². The molecule has 25 N–H and O–H groups in total. The van der Waals surface area contributed by atoms with Crippen molar-refractivity contribution in [1.29, 1.82) is 0 Å². The topological polar surface area (TPSA) is 672 Å². The smallest absolute Gasteiger partial charge is 0.426 e. The number of ketones is 2. The van der Waals surface area contributed by atoms with E-state index in [9.17, 15) is 129 Å². The molecule has 42 nitrogen and oxygen atoms in total. The molecule has 0 radical (unpaired) electrons. The average molecular weight is 1930 g/mol. The number of piperidine rings is 1. The number of Topliss-reactive ketones (excluding diaryl/α,β-unsaturated/α-hetero) is 2. The van der Waals surface area contributed by atoms with Crippen LogP contribution in [0.1, 0.15) is 184 Å². The molecule has 5 aliphatic heterocycles. The van der Waals surface area contributed by atoms with Crippen molar-refractivity contribution in [3.05, 3.63) is 70.9 Å². The highest BCUT2D eigenvalue weighted by Crippen LogP contribution is 2.68. The number of para-hydroxylation sites is 1. The number of aromatic nitrogens is 1. The number of unbranched alkanes of at least 4 members (excludes halogenated alkanes) is 4. The summed E-state index contributed by atoms with van der Waals surface area (Å²) in [6.07, 6.45) is -16.6. The zero-order chi connectivity index (χ0) is 98.3. The first-order chi connectivity index (χ1) is 63.7. The lowest BCUT2D eigenvalue weighted by atomic mass is 9.47. The number of nitrogens with one attached hydrogen (secondary N) is 8. The Morgan fingerprint density at radius 3 is 1.88 bits per heavy atom. The molecule has 44 heteroatoms. The van der Waals surface area contributed by atoms with Crippen molar-refractivity contribution in [2.75, 3.05) is 96.2 Å². The molecule has 3 aromatic rings. The van der Waals surface area contributed by atoms with E-state index in [0.717, 1.165) is 93.6 Å². The third-order valence-corrected chi connectivity index (χ3v) is 30.2. The molecule has 2 unspecified atom stereocenters. The molecule has 1 saturated carbocycles. The Morgan fingerprint density at radius 1 is 0.672 bits per heavy atom. The molecule has 9 rings (SSSR count). The van der Waals surface area contributed by atoms with E-state index >= 15 is 4.79 Å². The summed E-state index contributed by atoms with van der Waals surface area (Å²) in [5, 5.41) is 172. The number of aromatic amines is 1. The Kier molecular flexibility index (Phi) is 40.2. The Bertz CT molecular complexity index is 4580. The maximum absolute atomic E-state index is 15.4. The molecule has 1 spiro atoms. The fraction of sp³-hybridized carbons (Fsp3) is 0.689. The largest absolute Gasteiger partial charge is 0.496 e. The predicted molar refractivity (Wildman–Crippen MR) is 486 cm³/mol. The summed E-state index contributed by atoms with van der Waals surface area (Å²) < 4.78 is 17.1. The minimum Gasteiger partial charge on any atom is -0.496 e. The molecular weight excluding hydrogens is 1790 g/mol. The van der Waals surface area contributed by atoms with Gasteiger partial charge in [-0.25, -0.2) is 10.2 Å². The quantitative estimate of drug-likeness (QED) is 0.00712. The number of hydrazine groups is 1. The normalized spacial score (nSPS) is 25.3. The summed E-state index contributed by atoms with van der Waals surface area (Å²) in [5.41, 5.74) is 8.83. The first-order valence-electron chi connectivity index (χ1n) is 45.9. The van der Waals surface area contributed by atoms with E-state index in [1.165, 1.54) is 0 Å². The van der Waals surface area contributed by atoms with Crippen LogP contribution in [0.4, 0.5) is 10.5 Å². The maximum atomic E-state index is 15.4. The van der Waals surface area contributed by atoms with Crippen molar-refractivity contribution in [3.8, 4) is 5.75 Å². The number of aliphatic carboxylic acids is 2. The molecule has 2 saturated heterocycles. The van der Waals surface area contributed by atoms with Crippen LogP contribution in [0.5, 0.6) is 5.75 Å². The Hall–Kier alpha value is -8.78. The number of nitrogens with zero attached hydrogens (tertiary/aromatic N) is 3. The highest BCUT2D eigenvalue weighted by molar-refractivity contribution is 8.76. The van der Waals surface area contributed by atoms with Gasteiger partial charge in [0.15, 0.2) is 17.6 Å². The second kappa shape index (κ2) is 49.5. The van der Waals surface area contributed by atoms with Gasteiger partial charge in [0.05, 0.1) is 56.0 Å². The molecule has 134 heavy (non-hydrogen) atoms. The summed E-state index contributed by atoms with van der Waals surface area (Å²) in [4.78, 5) is 174. The van der Waals surface area contributed by atoms with Gasteiger partial charge in [0.2, 0.25) is 29.5 Å². The van der Waals surface area contributed by atoms with Crippen molar-refractivity contribution in [1.82, 2.24) is 52.2 Å². The van der Waals surface area contributed by atoms with Gasteiger partial charge < -0.3 is 133 Å². The van der Waals surface area contributed by atoms with Crippen LogP contribution in [0.3, 0.4) is 0 Å². The standard InChI is InChI=1S/C90H136N12O30S2/c1-6-87-29-15-34-102-36-31-89(81(87)102)55-41-56(86(3)43-67-88(128,7-2)30-16-33-101(67)35-28-54-53-18-12-13-19-57(53)94-77(54)86)66(130-5)42-60(55)100(4)82(89)90(129,83(87)125)84(126)98-99-85(127)131-37-38-133-134-48-70(132-49-105)97-80(124)59(23-25-69(113)93-45-63(109)74(119)76(121)65(111)47-104)96-79(123)51(21-27-72(116)117)40-61(107)58(22-24-68(112)92-44-62(108)73(118)75(120)64(110)46-103)95-78(122)50(20-26-71(114)115)39-52(106)17-11-9-8-10-14-32-91/h12-13,15,18-19,29,41-42,49-51,58-59,62-65,67,70,73-76,81-83,94,103-104,108-111,118-121,125,128-129H,6-11,14,16-17,20-28,30-40,43-48,91H2,1-5H3,(H,92,112)(H,93,113)(H,95,122)(H,96,123)(H,97,124)(H,98,126)(H,99,127)(H,114,115)(H,116,117)/t50-,51-,58+,59+,62-,63-,64+,65+,67?,70+,73+,74+,75+,76+,81-,82?,83+,86+,87+,88-,89+,90-/m0/s1. The molecule has 1 aliphatic carbocycles. The summed E-state index contributed by atoms with van der Waals surface area (Å²) in [6.45, 7) is 5.14.